The van der Waals surface area contributed by atoms with Gasteiger partial charge in [-0.1, -0.05) is 0 Å². The molecule has 1 aromatic heterocycles. The van der Waals surface area contributed by atoms with Crippen molar-refractivity contribution in [3.63, 3.8) is 0 Å². The largest absolute Gasteiger partial charge is 0.348 e. The Bertz CT molecular complexity index is 291. The van der Waals surface area contributed by atoms with Gasteiger partial charge in [0, 0.05) is 23.5 Å². The highest BCUT2D eigenvalue weighted by atomic mass is 16.1. The van der Waals surface area contributed by atoms with Crippen LogP contribution in [0.5, 0.6) is 0 Å². The van der Waals surface area contributed by atoms with Crippen LogP contribution in [0.1, 0.15) is 36.7 Å². The fraction of sp³-hybridized carbons (Fsp3) is 0.500. The summed E-state index contributed by atoms with van der Waals surface area (Å²) in [5, 5.41) is 0. The third-order valence-electron chi connectivity index (χ3n) is 1.97. The topological polar surface area (TPSA) is 22.0 Å². The third kappa shape index (κ3) is 1.58. The van der Waals surface area contributed by atoms with Crippen LogP contribution in [0.4, 0.5) is 0 Å². The van der Waals surface area contributed by atoms with Crippen LogP contribution in [0, 0.1) is 6.92 Å². The van der Waals surface area contributed by atoms with Crippen LogP contribution < -0.4 is 0 Å². The van der Waals surface area contributed by atoms with Crippen LogP contribution >= 0.6 is 0 Å². The summed E-state index contributed by atoms with van der Waals surface area (Å²) < 4.78 is 2.06. The van der Waals surface area contributed by atoms with Gasteiger partial charge in [0.25, 0.3) is 0 Å². The third-order valence-corrected chi connectivity index (χ3v) is 1.97. The molecule has 66 valence electrons. The molecular weight excluding hydrogens is 150 g/mol. The Kier molecular flexibility index (Phi) is 2.09. The molecule has 0 aliphatic rings. The van der Waals surface area contributed by atoms with Crippen LogP contribution in [-0.2, 0) is 5.54 Å². The average Bonchev–Trinajstić information content (AvgIpc) is 2.29. The summed E-state index contributed by atoms with van der Waals surface area (Å²) in [4.78, 5) is 10.6. The summed E-state index contributed by atoms with van der Waals surface area (Å²) in [5.74, 6) is 0. The van der Waals surface area contributed by atoms with Gasteiger partial charge in [-0.2, -0.15) is 0 Å². The molecule has 12 heavy (non-hydrogen) atoms. The minimum Gasteiger partial charge on any atom is -0.348 e. The SMILES string of the molecule is Cc1cn(C(C)(C)C)cc1C=O. The Morgan fingerprint density at radius 3 is 2.17 bits per heavy atom. The van der Waals surface area contributed by atoms with E-state index in [-0.39, 0.29) is 5.54 Å². The quantitative estimate of drug-likeness (QED) is 0.585. The molecule has 0 saturated heterocycles. The van der Waals surface area contributed by atoms with Gasteiger partial charge in [-0.15, -0.1) is 0 Å². The summed E-state index contributed by atoms with van der Waals surface area (Å²) in [6, 6.07) is 0. The number of rotatable bonds is 1. The lowest BCUT2D eigenvalue weighted by atomic mass is 10.1. The van der Waals surface area contributed by atoms with Crippen molar-refractivity contribution < 1.29 is 4.79 Å². The smallest absolute Gasteiger partial charge is 0.151 e. The standard InChI is InChI=1S/C10H15NO/c1-8-5-11(10(2,3)4)6-9(8)7-12/h5-7H,1-4H3. The highest BCUT2D eigenvalue weighted by molar-refractivity contribution is 5.76. The molecule has 0 radical (unpaired) electrons. The molecule has 0 unspecified atom stereocenters. The van der Waals surface area contributed by atoms with Crippen molar-refractivity contribution in [2.45, 2.75) is 33.2 Å². The Morgan fingerprint density at radius 2 is 1.92 bits per heavy atom. The number of aromatic nitrogens is 1. The Hall–Kier alpha value is -1.05. The van der Waals surface area contributed by atoms with Crippen molar-refractivity contribution in [3.05, 3.63) is 23.5 Å². The molecule has 0 N–H and O–H groups in total. The minimum absolute atomic E-state index is 0.0615. The second-order valence-corrected chi connectivity index (χ2v) is 4.09. The molecule has 1 aromatic rings. The van der Waals surface area contributed by atoms with Crippen LogP contribution in [0.15, 0.2) is 12.4 Å². The molecule has 2 nitrogen and oxygen atoms in total. The number of carbonyl (C=O) groups is 1. The zero-order valence-corrected chi connectivity index (χ0v) is 8.09. The van der Waals surface area contributed by atoms with Gasteiger partial charge >= 0.3 is 0 Å². The normalized spacial score (nSPS) is 11.7. The second kappa shape index (κ2) is 2.77. The lowest BCUT2D eigenvalue weighted by Crippen LogP contribution is -2.19. The van der Waals surface area contributed by atoms with E-state index in [1.807, 2.05) is 19.3 Å². The molecule has 0 fully saturated rings. The monoisotopic (exact) mass is 165 g/mol. The average molecular weight is 165 g/mol. The summed E-state index contributed by atoms with van der Waals surface area (Å²) in [6.07, 6.45) is 4.80. The molecule has 0 aliphatic carbocycles. The molecule has 0 aromatic carbocycles. The molecule has 0 amide bonds. The van der Waals surface area contributed by atoms with Crippen molar-refractivity contribution in [2.75, 3.05) is 0 Å². The van der Waals surface area contributed by atoms with Gasteiger partial charge in [-0.25, -0.2) is 0 Å². The van der Waals surface area contributed by atoms with Gasteiger partial charge in [-0.05, 0) is 33.3 Å². The number of hydrogen-bond acceptors (Lipinski definition) is 1. The molecule has 0 aliphatic heterocycles. The van der Waals surface area contributed by atoms with Gasteiger partial charge in [0.15, 0.2) is 6.29 Å². The van der Waals surface area contributed by atoms with E-state index in [1.54, 1.807) is 0 Å². The number of aldehydes is 1. The first-order valence-corrected chi connectivity index (χ1v) is 4.09. The Labute approximate surface area is 73.2 Å². The molecule has 0 atom stereocenters. The molecule has 0 spiro atoms. The summed E-state index contributed by atoms with van der Waals surface area (Å²) >= 11 is 0. The van der Waals surface area contributed by atoms with E-state index in [2.05, 4.69) is 25.3 Å². The van der Waals surface area contributed by atoms with Gasteiger partial charge in [-0.3, -0.25) is 4.79 Å². The molecule has 1 rings (SSSR count). The highest BCUT2D eigenvalue weighted by Crippen LogP contribution is 2.17. The Balaban J connectivity index is 3.13. The van der Waals surface area contributed by atoms with E-state index in [0.29, 0.717) is 0 Å². The fourth-order valence-electron chi connectivity index (χ4n) is 1.08. The number of nitrogens with zero attached hydrogens (tertiary/aromatic N) is 1. The number of hydrogen-bond donors (Lipinski definition) is 0. The van der Waals surface area contributed by atoms with Crippen LogP contribution in [0.25, 0.3) is 0 Å². The van der Waals surface area contributed by atoms with Crippen molar-refractivity contribution >= 4 is 6.29 Å². The lowest BCUT2D eigenvalue weighted by Gasteiger charge is -2.20. The first kappa shape index (κ1) is 9.04. The maximum atomic E-state index is 10.6. The van der Waals surface area contributed by atoms with Crippen molar-refractivity contribution in [2.24, 2.45) is 0 Å². The van der Waals surface area contributed by atoms with Gasteiger partial charge in [0.1, 0.15) is 0 Å². The van der Waals surface area contributed by atoms with Crippen LogP contribution in [0.2, 0.25) is 0 Å². The van der Waals surface area contributed by atoms with E-state index in [0.717, 1.165) is 17.4 Å². The van der Waals surface area contributed by atoms with Crippen LogP contribution in [-0.4, -0.2) is 10.9 Å². The van der Waals surface area contributed by atoms with Crippen molar-refractivity contribution in [1.29, 1.82) is 0 Å². The van der Waals surface area contributed by atoms with Gasteiger partial charge in [0.2, 0.25) is 0 Å². The molecular formula is C10H15NO. The fourth-order valence-corrected chi connectivity index (χ4v) is 1.08. The minimum atomic E-state index is 0.0615. The zero-order chi connectivity index (χ0) is 9.35. The van der Waals surface area contributed by atoms with Crippen LogP contribution in [0.3, 0.4) is 0 Å². The summed E-state index contributed by atoms with van der Waals surface area (Å²) in [5.41, 5.74) is 1.89. The predicted octanol–water partition coefficient (Wildman–Crippen LogP) is 2.36. The van der Waals surface area contributed by atoms with Gasteiger partial charge < -0.3 is 4.57 Å². The van der Waals surface area contributed by atoms with E-state index in [4.69, 9.17) is 0 Å². The molecule has 0 bridgehead atoms. The lowest BCUT2D eigenvalue weighted by molar-refractivity contribution is 0.112. The van der Waals surface area contributed by atoms with E-state index < -0.39 is 0 Å². The maximum Gasteiger partial charge on any atom is 0.151 e. The van der Waals surface area contributed by atoms with E-state index in [1.165, 1.54) is 0 Å². The Morgan fingerprint density at radius 1 is 1.33 bits per heavy atom. The van der Waals surface area contributed by atoms with Gasteiger partial charge in [0.05, 0.1) is 0 Å². The predicted molar refractivity (Wildman–Crippen MR) is 49.6 cm³/mol. The zero-order valence-electron chi connectivity index (χ0n) is 8.09. The molecule has 2 heteroatoms. The number of aryl methyl sites for hydroxylation is 1. The molecule has 0 saturated carbocycles. The van der Waals surface area contributed by atoms with E-state index in [9.17, 15) is 4.79 Å². The number of carbonyl (C=O) groups excluding carboxylic acids is 1. The van der Waals surface area contributed by atoms with Crippen molar-refractivity contribution in [3.8, 4) is 0 Å². The van der Waals surface area contributed by atoms with E-state index >= 15 is 0 Å². The maximum absolute atomic E-state index is 10.6. The first-order chi connectivity index (χ1) is 5.45. The first-order valence-electron chi connectivity index (χ1n) is 4.09. The highest BCUT2D eigenvalue weighted by Gasteiger charge is 2.13. The van der Waals surface area contributed by atoms with Crippen molar-refractivity contribution in [1.82, 2.24) is 4.57 Å². The molecule has 1 heterocycles. The summed E-state index contributed by atoms with van der Waals surface area (Å²) in [6.45, 7) is 8.29. The summed E-state index contributed by atoms with van der Waals surface area (Å²) in [7, 11) is 0. The second-order valence-electron chi connectivity index (χ2n) is 4.09.